The molecular weight excluding hydrogens is 216 g/mol. The zero-order valence-electron chi connectivity index (χ0n) is 8.94. The smallest absolute Gasteiger partial charge is 0.164 e. The molecule has 0 aliphatic carbocycles. The molecule has 0 atom stereocenters. The molecule has 0 aromatic carbocycles. The van der Waals surface area contributed by atoms with Gasteiger partial charge in [0.25, 0.3) is 0 Å². The lowest BCUT2D eigenvalue weighted by Crippen LogP contribution is -2.03. The quantitative estimate of drug-likeness (QED) is 0.684. The number of rotatable bonds is 4. The van der Waals surface area contributed by atoms with Crippen molar-refractivity contribution in [1.82, 2.24) is 0 Å². The second-order valence-corrected chi connectivity index (χ2v) is 5.61. The molecular formula is C10H16O2S2. The van der Waals surface area contributed by atoms with Gasteiger partial charge in [0, 0.05) is 0 Å². The van der Waals surface area contributed by atoms with E-state index in [1.807, 2.05) is 39.8 Å². The van der Waals surface area contributed by atoms with Crippen molar-refractivity contribution >= 4 is 21.6 Å². The van der Waals surface area contributed by atoms with Crippen molar-refractivity contribution in [1.29, 1.82) is 0 Å². The number of hydrogen-bond donors (Lipinski definition) is 0. The summed E-state index contributed by atoms with van der Waals surface area (Å²) in [5, 5.41) is 1.89. The van der Waals surface area contributed by atoms with Crippen molar-refractivity contribution in [3.63, 3.8) is 0 Å². The van der Waals surface area contributed by atoms with Crippen molar-refractivity contribution < 1.29 is 9.47 Å². The molecule has 2 nitrogen and oxygen atoms in total. The summed E-state index contributed by atoms with van der Waals surface area (Å²) in [4.78, 5) is 0. The van der Waals surface area contributed by atoms with Crippen LogP contribution < -0.4 is 0 Å². The highest BCUT2D eigenvalue weighted by Crippen LogP contribution is 2.41. The third-order valence-electron chi connectivity index (χ3n) is 1.27. The molecule has 4 heteroatoms. The molecule has 14 heavy (non-hydrogen) atoms. The largest absolute Gasteiger partial charge is 0.484 e. The number of hydrogen-bond acceptors (Lipinski definition) is 4. The fourth-order valence-corrected chi connectivity index (χ4v) is 2.79. The Bertz CT molecular complexity index is 219. The first-order valence-electron chi connectivity index (χ1n) is 4.67. The minimum absolute atomic E-state index is 0.232. The molecule has 0 spiro atoms. The van der Waals surface area contributed by atoms with Crippen LogP contribution in [0, 0.1) is 0 Å². The van der Waals surface area contributed by atoms with Crippen LogP contribution in [0.15, 0.2) is 22.3 Å². The highest BCUT2D eigenvalue weighted by Gasteiger charge is 2.12. The third kappa shape index (κ3) is 4.33. The van der Waals surface area contributed by atoms with Crippen molar-refractivity contribution in [3.8, 4) is 0 Å². The Balaban J connectivity index is 2.46. The van der Waals surface area contributed by atoms with Gasteiger partial charge in [0.2, 0.25) is 0 Å². The zero-order chi connectivity index (χ0) is 10.6. The second kappa shape index (κ2) is 5.61. The lowest BCUT2D eigenvalue weighted by Gasteiger charge is -2.18. The van der Waals surface area contributed by atoms with Gasteiger partial charge in [0.05, 0.1) is 12.2 Å². The van der Waals surface area contributed by atoms with Gasteiger partial charge in [-0.1, -0.05) is 0 Å². The zero-order valence-corrected chi connectivity index (χ0v) is 10.6. The fourth-order valence-electron chi connectivity index (χ4n) is 0.856. The fraction of sp³-hybridized carbons (Fsp3) is 0.600. The monoisotopic (exact) mass is 232 g/mol. The molecule has 0 saturated carbocycles. The van der Waals surface area contributed by atoms with Crippen LogP contribution in [0.1, 0.15) is 27.7 Å². The van der Waals surface area contributed by atoms with Crippen molar-refractivity contribution in [2.24, 2.45) is 0 Å². The van der Waals surface area contributed by atoms with Crippen LogP contribution in [-0.4, -0.2) is 12.2 Å². The normalized spacial score (nSPS) is 16.7. The summed E-state index contributed by atoms with van der Waals surface area (Å²) in [6.45, 7) is 8.09. The van der Waals surface area contributed by atoms with Crippen LogP contribution in [0.4, 0.5) is 0 Å². The van der Waals surface area contributed by atoms with Crippen molar-refractivity contribution in [2.45, 2.75) is 39.9 Å². The SMILES string of the molecule is CC(C)OC1=CC=C(OC(C)C)SS1. The maximum absolute atomic E-state index is 5.55. The van der Waals surface area contributed by atoms with Gasteiger partial charge in [0.1, 0.15) is 0 Å². The van der Waals surface area contributed by atoms with E-state index in [4.69, 9.17) is 9.47 Å². The molecule has 0 N–H and O–H groups in total. The Kier molecular flexibility index (Phi) is 4.75. The summed E-state index contributed by atoms with van der Waals surface area (Å²) in [5.41, 5.74) is 0. The van der Waals surface area contributed by atoms with E-state index in [0.29, 0.717) is 0 Å². The van der Waals surface area contributed by atoms with Gasteiger partial charge in [-0.3, -0.25) is 0 Å². The standard InChI is InChI=1S/C10H16O2S2/c1-7(2)11-9-5-6-10(14-13-9)12-8(3)4/h5-8H,1-4H3. The van der Waals surface area contributed by atoms with Crippen LogP contribution in [0.3, 0.4) is 0 Å². The molecule has 1 rings (SSSR count). The van der Waals surface area contributed by atoms with Gasteiger partial charge in [-0.05, 0) is 61.4 Å². The third-order valence-corrected chi connectivity index (χ3v) is 3.38. The van der Waals surface area contributed by atoms with Gasteiger partial charge in [-0.25, -0.2) is 0 Å². The summed E-state index contributed by atoms with van der Waals surface area (Å²) in [6, 6.07) is 0. The first kappa shape index (κ1) is 11.9. The Morgan fingerprint density at radius 3 is 1.43 bits per heavy atom. The van der Waals surface area contributed by atoms with Crippen LogP contribution in [0.5, 0.6) is 0 Å². The van der Waals surface area contributed by atoms with Gasteiger partial charge < -0.3 is 9.47 Å². The minimum atomic E-state index is 0.232. The van der Waals surface area contributed by atoms with Crippen LogP contribution in [0.25, 0.3) is 0 Å². The van der Waals surface area contributed by atoms with Crippen molar-refractivity contribution in [3.05, 3.63) is 22.3 Å². The van der Waals surface area contributed by atoms with Gasteiger partial charge >= 0.3 is 0 Å². The van der Waals surface area contributed by atoms with E-state index < -0.39 is 0 Å². The van der Waals surface area contributed by atoms with E-state index in [9.17, 15) is 0 Å². The average Bonchev–Trinajstić information content (AvgIpc) is 2.06. The lowest BCUT2D eigenvalue weighted by atomic mass is 10.5. The molecule has 1 aliphatic rings. The molecule has 0 radical (unpaired) electrons. The topological polar surface area (TPSA) is 18.5 Å². The van der Waals surface area contributed by atoms with Gasteiger partial charge in [-0.2, -0.15) is 0 Å². The van der Waals surface area contributed by atoms with E-state index in [-0.39, 0.29) is 12.2 Å². The van der Waals surface area contributed by atoms with Crippen LogP contribution >= 0.6 is 21.6 Å². The average molecular weight is 232 g/mol. The Labute approximate surface area is 93.5 Å². The maximum Gasteiger partial charge on any atom is 0.164 e. The van der Waals surface area contributed by atoms with Crippen LogP contribution in [0.2, 0.25) is 0 Å². The van der Waals surface area contributed by atoms with E-state index in [2.05, 4.69) is 0 Å². The molecule has 0 aromatic heterocycles. The van der Waals surface area contributed by atoms with E-state index in [1.54, 1.807) is 21.6 Å². The molecule has 0 amide bonds. The highest BCUT2D eigenvalue weighted by molar-refractivity contribution is 8.79. The van der Waals surface area contributed by atoms with E-state index in [0.717, 1.165) is 10.2 Å². The summed E-state index contributed by atoms with van der Waals surface area (Å²) >= 11 is 0. The van der Waals surface area contributed by atoms with Crippen molar-refractivity contribution in [2.75, 3.05) is 0 Å². The second-order valence-electron chi connectivity index (χ2n) is 3.47. The predicted octanol–water partition coefficient (Wildman–Crippen LogP) is 3.91. The number of ether oxygens (including phenoxy) is 2. The lowest BCUT2D eigenvalue weighted by molar-refractivity contribution is 0.165. The molecule has 0 aromatic rings. The van der Waals surface area contributed by atoms with Gasteiger partial charge in [0.15, 0.2) is 10.2 Å². The maximum atomic E-state index is 5.55. The molecule has 80 valence electrons. The summed E-state index contributed by atoms with van der Waals surface area (Å²) < 4.78 is 11.1. The molecule has 0 saturated heterocycles. The summed E-state index contributed by atoms with van der Waals surface area (Å²) in [5.74, 6) is 0. The molecule has 0 unspecified atom stereocenters. The molecule has 1 aliphatic heterocycles. The first-order chi connectivity index (χ1) is 6.58. The summed E-state index contributed by atoms with van der Waals surface area (Å²) in [7, 11) is 3.21. The Morgan fingerprint density at radius 2 is 1.21 bits per heavy atom. The molecule has 1 heterocycles. The molecule has 0 fully saturated rings. The van der Waals surface area contributed by atoms with Gasteiger partial charge in [-0.15, -0.1) is 0 Å². The summed E-state index contributed by atoms with van der Waals surface area (Å²) in [6.07, 6.45) is 4.38. The minimum Gasteiger partial charge on any atom is -0.484 e. The predicted molar refractivity (Wildman–Crippen MR) is 63.8 cm³/mol. The number of allylic oxidation sites excluding steroid dienone is 2. The Morgan fingerprint density at radius 1 is 0.857 bits per heavy atom. The highest BCUT2D eigenvalue weighted by atomic mass is 33.1. The van der Waals surface area contributed by atoms with E-state index in [1.165, 1.54) is 0 Å². The van der Waals surface area contributed by atoms with Crippen LogP contribution in [-0.2, 0) is 9.47 Å². The molecule has 0 bridgehead atoms. The first-order valence-corrected chi connectivity index (χ1v) is 6.82. The Hall–Kier alpha value is -0.220. The van der Waals surface area contributed by atoms with E-state index >= 15 is 0 Å².